The van der Waals surface area contributed by atoms with Crippen LogP contribution in [0, 0.1) is 5.92 Å². The number of thioether (sulfide) groups is 1. The van der Waals surface area contributed by atoms with Gasteiger partial charge in [0.05, 0.1) is 25.2 Å². The van der Waals surface area contributed by atoms with Crippen LogP contribution in [0.15, 0.2) is 60.3 Å². The van der Waals surface area contributed by atoms with Gasteiger partial charge in [-0.2, -0.15) is 0 Å². The van der Waals surface area contributed by atoms with E-state index in [0.717, 1.165) is 11.3 Å². The summed E-state index contributed by atoms with van der Waals surface area (Å²) in [5.74, 6) is 2.44. The molecule has 2 aromatic carbocycles. The summed E-state index contributed by atoms with van der Waals surface area (Å²) in [7, 11) is 1.54. The lowest BCUT2D eigenvalue weighted by atomic mass is 10.2. The fraction of sp³-hybridized carbons (Fsp3) is 0.292. The van der Waals surface area contributed by atoms with E-state index in [0.29, 0.717) is 46.5 Å². The maximum Gasteiger partial charge on any atom is 0.234 e. The van der Waals surface area contributed by atoms with Gasteiger partial charge in [0.2, 0.25) is 5.91 Å². The molecule has 0 unspecified atom stereocenters. The Hall–Kier alpha value is -2.97. The van der Waals surface area contributed by atoms with Crippen LogP contribution < -0.4 is 14.8 Å². The Morgan fingerprint density at radius 2 is 2.00 bits per heavy atom. The molecule has 1 N–H and O–H groups in total. The molecule has 9 heteroatoms. The predicted molar refractivity (Wildman–Crippen MR) is 133 cm³/mol. The van der Waals surface area contributed by atoms with E-state index in [2.05, 4.69) is 35.9 Å². The molecule has 3 rings (SSSR count). The van der Waals surface area contributed by atoms with Crippen molar-refractivity contribution >= 4 is 35.0 Å². The minimum atomic E-state index is -0.207. The minimum absolute atomic E-state index is 0.146. The zero-order chi connectivity index (χ0) is 23.8. The van der Waals surface area contributed by atoms with Gasteiger partial charge in [-0.15, -0.1) is 16.8 Å². The number of hydrogen-bond donors (Lipinski definition) is 1. The normalized spacial score (nSPS) is 10.8. The molecule has 174 valence electrons. The number of carbonyl (C=O) groups excluding carboxylic acids is 1. The zero-order valence-corrected chi connectivity index (χ0v) is 20.4. The lowest BCUT2D eigenvalue weighted by Gasteiger charge is -2.11. The van der Waals surface area contributed by atoms with Crippen LogP contribution in [0.1, 0.15) is 13.8 Å². The Morgan fingerprint density at radius 3 is 2.67 bits per heavy atom. The van der Waals surface area contributed by atoms with Gasteiger partial charge in [-0.3, -0.25) is 9.36 Å². The van der Waals surface area contributed by atoms with Crippen LogP contribution in [0.3, 0.4) is 0 Å². The Morgan fingerprint density at radius 1 is 1.24 bits per heavy atom. The fourth-order valence-electron chi connectivity index (χ4n) is 2.96. The van der Waals surface area contributed by atoms with Crippen molar-refractivity contribution in [2.45, 2.75) is 25.5 Å². The van der Waals surface area contributed by atoms with Gasteiger partial charge in [0.25, 0.3) is 0 Å². The first-order chi connectivity index (χ1) is 15.9. The van der Waals surface area contributed by atoms with Crippen LogP contribution in [0.4, 0.5) is 5.69 Å². The summed E-state index contributed by atoms with van der Waals surface area (Å²) < 4.78 is 13.0. The number of amides is 1. The number of carbonyl (C=O) groups is 1. The monoisotopic (exact) mass is 486 g/mol. The van der Waals surface area contributed by atoms with E-state index >= 15 is 0 Å². The highest BCUT2D eigenvalue weighted by atomic mass is 35.5. The van der Waals surface area contributed by atoms with Gasteiger partial charge in [-0.25, -0.2) is 0 Å². The molecule has 0 atom stereocenters. The summed E-state index contributed by atoms with van der Waals surface area (Å²) in [6, 6.07) is 12.8. The number of allylic oxidation sites excluding steroid dienone is 1. The lowest BCUT2D eigenvalue weighted by Crippen LogP contribution is -2.15. The number of hydrogen-bond acceptors (Lipinski definition) is 6. The number of nitrogens with one attached hydrogen (secondary N) is 1. The van der Waals surface area contributed by atoms with Crippen LogP contribution in [-0.2, 0) is 11.3 Å². The molecule has 0 aliphatic rings. The van der Waals surface area contributed by atoms with E-state index in [1.165, 1.54) is 18.9 Å². The number of ether oxygens (including phenoxy) is 2. The molecule has 0 spiro atoms. The van der Waals surface area contributed by atoms with Crippen molar-refractivity contribution < 1.29 is 14.3 Å². The zero-order valence-electron chi connectivity index (χ0n) is 18.9. The Kier molecular flexibility index (Phi) is 8.79. The number of anilines is 1. The van der Waals surface area contributed by atoms with Gasteiger partial charge in [-0.1, -0.05) is 43.3 Å². The second-order valence-electron chi connectivity index (χ2n) is 7.62. The standard InChI is InChI=1S/C24H27ClN4O3S/c1-5-12-29-23(17-6-9-19(10-7-17)32-14-16(2)3)27-28-24(29)33-15-22(30)26-20-13-18(25)8-11-21(20)31-4/h5-11,13,16H,1,12,14-15H2,2-4H3,(H,26,30). The molecular formula is C24H27ClN4O3S. The van der Waals surface area contributed by atoms with E-state index < -0.39 is 0 Å². The van der Waals surface area contributed by atoms with Crippen molar-refractivity contribution in [1.29, 1.82) is 0 Å². The first kappa shape index (κ1) is 24.7. The number of methoxy groups -OCH3 is 1. The van der Waals surface area contributed by atoms with Crippen LogP contribution >= 0.6 is 23.4 Å². The topological polar surface area (TPSA) is 78.3 Å². The molecular weight excluding hydrogens is 460 g/mol. The molecule has 0 saturated carbocycles. The van der Waals surface area contributed by atoms with Crippen molar-refractivity contribution in [3.05, 3.63) is 60.1 Å². The van der Waals surface area contributed by atoms with Crippen LogP contribution in [-0.4, -0.2) is 40.1 Å². The third kappa shape index (κ3) is 6.76. The van der Waals surface area contributed by atoms with Crippen molar-refractivity contribution in [1.82, 2.24) is 14.8 Å². The molecule has 0 bridgehead atoms. The number of aromatic nitrogens is 3. The van der Waals surface area contributed by atoms with Crippen LogP contribution in [0.5, 0.6) is 11.5 Å². The van der Waals surface area contributed by atoms with Gasteiger partial charge in [-0.05, 0) is 48.4 Å². The van der Waals surface area contributed by atoms with E-state index in [-0.39, 0.29) is 11.7 Å². The van der Waals surface area contributed by atoms with Gasteiger partial charge < -0.3 is 14.8 Å². The molecule has 1 amide bonds. The molecule has 0 fully saturated rings. The van der Waals surface area contributed by atoms with Crippen molar-refractivity contribution in [3.63, 3.8) is 0 Å². The number of rotatable bonds is 11. The molecule has 1 aromatic heterocycles. The molecule has 3 aromatic rings. The minimum Gasteiger partial charge on any atom is -0.495 e. The molecule has 0 aliphatic heterocycles. The van der Waals surface area contributed by atoms with Crippen LogP contribution in [0.2, 0.25) is 5.02 Å². The number of nitrogens with zero attached hydrogens (tertiary/aromatic N) is 3. The van der Waals surface area contributed by atoms with E-state index in [4.69, 9.17) is 21.1 Å². The highest BCUT2D eigenvalue weighted by Gasteiger charge is 2.16. The van der Waals surface area contributed by atoms with E-state index in [9.17, 15) is 4.79 Å². The van der Waals surface area contributed by atoms with Gasteiger partial charge in [0.1, 0.15) is 11.5 Å². The van der Waals surface area contributed by atoms with Crippen LogP contribution in [0.25, 0.3) is 11.4 Å². The summed E-state index contributed by atoms with van der Waals surface area (Å²) in [6.07, 6.45) is 1.77. The molecule has 0 aliphatic carbocycles. The predicted octanol–water partition coefficient (Wildman–Crippen LogP) is 5.56. The first-order valence-electron chi connectivity index (χ1n) is 10.4. The van der Waals surface area contributed by atoms with E-state index in [1.807, 2.05) is 28.8 Å². The summed E-state index contributed by atoms with van der Waals surface area (Å²) in [5.41, 5.74) is 1.42. The lowest BCUT2D eigenvalue weighted by molar-refractivity contribution is -0.113. The van der Waals surface area contributed by atoms with Gasteiger partial charge >= 0.3 is 0 Å². The van der Waals surface area contributed by atoms with Crippen molar-refractivity contribution in [2.75, 3.05) is 24.8 Å². The maximum absolute atomic E-state index is 12.5. The summed E-state index contributed by atoms with van der Waals surface area (Å²) >= 11 is 7.33. The summed E-state index contributed by atoms with van der Waals surface area (Å²) in [5, 5.41) is 12.6. The quantitative estimate of drug-likeness (QED) is 0.282. The Labute approximate surface area is 203 Å². The second-order valence-corrected chi connectivity index (χ2v) is 9.00. The Balaban J connectivity index is 1.70. The molecule has 7 nitrogen and oxygen atoms in total. The average Bonchev–Trinajstić information content (AvgIpc) is 3.19. The second kappa shape index (κ2) is 11.8. The first-order valence-corrected chi connectivity index (χ1v) is 11.8. The summed E-state index contributed by atoms with van der Waals surface area (Å²) in [4.78, 5) is 12.5. The summed E-state index contributed by atoms with van der Waals surface area (Å²) in [6.45, 7) is 9.23. The van der Waals surface area contributed by atoms with Gasteiger partial charge in [0.15, 0.2) is 11.0 Å². The van der Waals surface area contributed by atoms with Crippen molar-refractivity contribution in [3.8, 4) is 22.9 Å². The molecule has 0 radical (unpaired) electrons. The molecule has 33 heavy (non-hydrogen) atoms. The highest BCUT2D eigenvalue weighted by Crippen LogP contribution is 2.29. The molecule has 0 saturated heterocycles. The van der Waals surface area contributed by atoms with E-state index in [1.54, 1.807) is 24.3 Å². The Bertz CT molecular complexity index is 1100. The van der Waals surface area contributed by atoms with Crippen molar-refractivity contribution in [2.24, 2.45) is 5.92 Å². The number of halogens is 1. The maximum atomic E-state index is 12.5. The highest BCUT2D eigenvalue weighted by molar-refractivity contribution is 7.99. The SMILES string of the molecule is C=CCn1c(SCC(=O)Nc2cc(Cl)ccc2OC)nnc1-c1ccc(OCC(C)C)cc1. The average molecular weight is 487 g/mol. The fourth-order valence-corrected chi connectivity index (χ4v) is 3.88. The third-order valence-corrected chi connectivity index (χ3v) is 5.69. The smallest absolute Gasteiger partial charge is 0.234 e. The van der Waals surface area contributed by atoms with Gasteiger partial charge in [0, 0.05) is 17.1 Å². The third-order valence-electron chi connectivity index (χ3n) is 4.49. The number of benzene rings is 2. The largest absolute Gasteiger partial charge is 0.495 e. The molecule has 1 heterocycles.